The number of nitro groups is 1. The van der Waals surface area contributed by atoms with Crippen molar-refractivity contribution in [2.45, 2.75) is 18.9 Å². The summed E-state index contributed by atoms with van der Waals surface area (Å²) in [6.45, 7) is -0.133. The number of nitrogens with zero attached hydrogens (tertiary/aromatic N) is 1. The van der Waals surface area contributed by atoms with E-state index in [9.17, 15) is 19.7 Å². The number of nitrogen functional groups attached to an aromatic ring is 1. The number of benzene rings is 1. The molecule has 1 aromatic rings. The van der Waals surface area contributed by atoms with Gasteiger partial charge in [0, 0.05) is 17.7 Å². The van der Waals surface area contributed by atoms with Crippen LogP contribution in [0.4, 0.5) is 11.4 Å². The van der Waals surface area contributed by atoms with Gasteiger partial charge in [0.05, 0.1) is 11.5 Å². The van der Waals surface area contributed by atoms with E-state index in [-0.39, 0.29) is 35.4 Å². The van der Waals surface area contributed by atoms with Gasteiger partial charge in [0.1, 0.15) is 5.69 Å². The van der Waals surface area contributed by atoms with Crippen molar-refractivity contribution < 1.29 is 14.5 Å². The van der Waals surface area contributed by atoms with E-state index in [4.69, 9.17) is 5.73 Å². The van der Waals surface area contributed by atoms with E-state index in [1.807, 2.05) is 0 Å². The Morgan fingerprint density at radius 1 is 1.40 bits per heavy atom. The summed E-state index contributed by atoms with van der Waals surface area (Å²) in [5, 5.41) is 15.8. The molecule has 0 bridgehead atoms. The largest absolute Gasteiger partial charge is 0.393 e. The van der Waals surface area contributed by atoms with Crippen LogP contribution in [0.3, 0.4) is 0 Å². The molecule has 0 aromatic heterocycles. The maximum atomic E-state index is 11.8. The molecule has 0 aliphatic heterocycles. The van der Waals surface area contributed by atoms with Crippen LogP contribution >= 0.6 is 0 Å². The Labute approximate surface area is 114 Å². The molecule has 1 aliphatic carbocycles. The quantitative estimate of drug-likeness (QED) is 0.402. The van der Waals surface area contributed by atoms with Crippen LogP contribution in [0, 0.1) is 10.1 Å². The van der Waals surface area contributed by atoms with Crippen molar-refractivity contribution >= 4 is 23.2 Å². The highest BCUT2D eigenvalue weighted by Gasteiger charge is 2.23. The first-order valence-electron chi connectivity index (χ1n) is 6.09. The standard InChI is InChI=1S/C12H14N4O4/c13-9-5-7(1-4-10(9)16(19)20)12(18)14-6-11(17)15-8-2-3-8/h1,4-5,8H,2-3,6,13H2,(H,14,18)(H,15,17). The molecular weight excluding hydrogens is 264 g/mol. The Morgan fingerprint density at radius 2 is 2.10 bits per heavy atom. The molecular formula is C12H14N4O4. The average molecular weight is 278 g/mol. The number of nitrogens with two attached hydrogens (primary N) is 1. The topological polar surface area (TPSA) is 127 Å². The molecule has 0 saturated heterocycles. The number of carbonyl (C=O) groups excluding carboxylic acids is 2. The minimum atomic E-state index is -0.625. The second-order valence-electron chi connectivity index (χ2n) is 4.56. The molecule has 0 radical (unpaired) electrons. The van der Waals surface area contributed by atoms with Crippen molar-refractivity contribution in [3.05, 3.63) is 33.9 Å². The van der Waals surface area contributed by atoms with Gasteiger partial charge >= 0.3 is 0 Å². The second kappa shape index (κ2) is 5.55. The van der Waals surface area contributed by atoms with E-state index in [2.05, 4.69) is 10.6 Å². The summed E-state index contributed by atoms with van der Waals surface area (Å²) in [6.07, 6.45) is 1.94. The van der Waals surface area contributed by atoms with E-state index < -0.39 is 10.8 Å². The van der Waals surface area contributed by atoms with Gasteiger partial charge in [0.15, 0.2) is 0 Å². The average Bonchev–Trinajstić information content (AvgIpc) is 3.19. The highest BCUT2D eigenvalue weighted by Crippen LogP contribution is 2.22. The van der Waals surface area contributed by atoms with Crippen molar-refractivity contribution in [1.29, 1.82) is 0 Å². The van der Waals surface area contributed by atoms with E-state index in [1.165, 1.54) is 12.1 Å². The lowest BCUT2D eigenvalue weighted by atomic mass is 10.1. The lowest BCUT2D eigenvalue weighted by molar-refractivity contribution is -0.383. The Bertz CT molecular complexity index is 569. The fraction of sp³-hybridized carbons (Fsp3) is 0.333. The zero-order valence-electron chi connectivity index (χ0n) is 10.6. The predicted octanol–water partition coefficient (Wildman–Crippen LogP) is 0.185. The van der Waals surface area contributed by atoms with Gasteiger partial charge < -0.3 is 16.4 Å². The van der Waals surface area contributed by atoms with E-state index in [0.29, 0.717) is 0 Å². The summed E-state index contributed by atoms with van der Waals surface area (Å²) < 4.78 is 0. The van der Waals surface area contributed by atoms with Crippen LogP contribution in [0.1, 0.15) is 23.2 Å². The summed E-state index contributed by atoms with van der Waals surface area (Å²) in [7, 11) is 0. The van der Waals surface area contributed by atoms with Gasteiger partial charge in [-0.25, -0.2) is 0 Å². The maximum absolute atomic E-state index is 11.8. The molecule has 20 heavy (non-hydrogen) atoms. The molecule has 1 saturated carbocycles. The SMILES string of the molecule is Nc1cc(C(=O)NCC(=O)NC2CC2)ccc1[N+](=O)[O-]. The lowest BCUT2D eigenvalue weighted by Gasteiger charge is -2.06. The third-order valence-electron chi connectivity index (χ3n) is 2.84. The molecule has 0 atom stereocenters. The molecule has 8 heteroatoms. The van der Waals surface area contributed by atoms with Gasteiger partial charge in [0.25, 0.3) is 11.6 Å². The maximum Gasteiger partial charge on any atom is 0.292 e. The van der Waals surface area contributed by atoms with E-state index >= 15 is 0 Å². The molecule has 8 nitrogen and oxygen atoms in total. The smallest absolute Gasteiger partial charge is 0.292 e. The zero-order chi connectivity index (χ0) is 14.7. The number of carbonyl (C=O) groups is 2. The third kappa shape index (κ3) is 3.44. The summed E-state index contributed by atoms with van der Waals surface area (Å²) in [5.74, 6) is -0.756. The first kappa shape index (κ1) is 13.8. The van der Waals surface area contributed by atoms with Gasteiger partial charge in [-0.05, 0) is 25.0 Å². The van der Waals surface area contributed by atoms with Gasteiger partial charge in [-0.2, -0.15) is 0 Å². The number of nitro benzene ring substituents is 1. The summed E-state index contributed by atoms with van der Waals surface area (Å²) in [5.41, 5.74) is 5.31. The number of hydrogen-bond acceptors (Lipinski definition) is 5. The Kier molecular flexibility index (Phi) is 3.83. The number of rotatable bonds is 5. The van der Waals surface area contributed by atoms with Gasteiger partial charge in [-0.3, -0.25) is 19.7 Å². The highest BCUT2D eigenvalue weighted by molar-refractivity contribution is 5.97. The van der Waals surface area contributed by atoms with E-state index in [0.717, 1.165) is 18.9 Å². The molecule has 0 heterocycles. The number of hydrogen-bond donors (Lipinski definition) is 3. The molecule has 1 aromatic carbocycles. The molecule has 1 fully saturated rings. The van der Waals surface area contributed by atoms with Crippen LogP contribution in [0.2, 0.25) is 0 Å². The van der Waals surface area contributed by atoms with Gasteiger partial charge in [-0.1, -0.05) is 0 Å². The highest BCUT2D eigenvalue weighted by atomic mass is 16.6. The van der Waals surface area contributed by atoms with Crippen LogP contribution in [-0.4, -0.2) is 29.3 Å². The summed E-state index contributed by atoms with van der Waals surface area (Å²) >= 11 is 0. The lowest BCUT2D eigenvalue weighted by Crippen LogP contribution is -2.37. The summed E-state index contributed by atoms with van der Waals surface area (Å²) in [4.78, 5) is 33.1. The van der Waals surface area contributed by atoms with Crippen molar-refractivity contribution in [1.82, 2.24) is 10.6 Å². The monoisotopic (exact) mass is 278 g/mol. The Morgan fingerprint density at radius 3 is 2.65 bits per heavy atom. The van der Waals surface area contributed by atoms with Crippen molar-refractivity contribution in [2.75, 3.05) is 12.3 Å². The molecule has 2 amide bonds. The van der Waals surface area contributed by atoms with Crippen LogP contribution in [0.25, 0.3) is 0 Å². The first-order chi connectivity index (χ1) is 9.47. The van der Waals surface area contributed by atoms with Gasteiger partial charge in [-0.15, -0.1) is 0 Å². The van der Waals surface area contributed by atoms with E-state index in [1.54, 1.807) is 0 Å². The third-order valence-corrected chi connectivity index (χ3v) is 2.84. The van der Waals surface area contributed by atoms with Crippen molar-refractivity contribution in [2.24, 2.45) is 0 Å². The van der Waals surface area contributed by atoms with Crippen molar-refractivity contribution in [3.63, 3.8) is 0 Å². The number of anilines is 1. The fourth-order valence-corrected chi connectivity index (χ4v) is 1.63. The van der Waals surface area contributed by atoms with Crippen molar-refractivity contribution in [3.8, 4) is 0 Å². The molecule has 0 unspecified atom stereocenters. The zero-order valence-corrected chi connectivity index (χ0v) is 10.6. The molecule has 0 spiro atoms. The Hall–Kier alpha value is -2.64. The fourth-order valence-electron chi connectivity index (χ4n) is 1.63. The van der Waals surface area contributed by atoms with Crippen LogP contribution in [0.15, 0.2) is 18.2 Å². The molecule has 106 valence electrons. The second-order valence-corrected chi connectivity index (χ2v) is 4.56. The number of amides is 2. The van der Waals surface area contributed by atoms with Crippen LogP contribution in [-0.2, 0) is 4.79 Å². The minimum Gasteiger partial charge on any atom is -0.393 e. The minimum absolute atomic E-state index is 0.0925. The Balaban J connectivity index is 1.93. The van der Waals surface area contributed by atoms with Crippen LogP contribution < -0.4 is 16.4 Å². The normalized spacial score (nSPS) is 13.6. The predicted molar refractivity (Wildman–Crippen MR) is 71.0 cm³/mol. The number of nitrogens with one attached hydrogen (secondary N) is 2. The summed E-state index contributed by atoms with van der Waals surface area (Å²) in [6, 6.07) is 3.90. The van der Waals surface area contributed by atoms with Gasteiger partial charge in [0.2, 0.25) is 5.91 Å². The molecule has 2 rings (SSSR count). The first-order valence-corrected chi connectivity index (χ1v) is 6.09. The molecule has 4 N–H and O–H groups in total. The van der Waals surface area contributed by atoms with Crippen LogP contribution in [0.5, 0.6) is 0 Å². The molecule has 1 aliphatic rings.